The molecule has 0 aromatic carbocycles. The molecule has 16 heavy (non-hydrogen) atoms. The molecule has 0 rings (SSSR count). The van der Waals surface area contributed by atoms with Gasteiger partial charge in [0, 0.05) is 29.6 Å². The molecular weight excluding hydrogens is 264 g/mol. The number of ether oxygens (including phenoxy) is 2. The molecule has 0 aliphatic carbocycles. The molecule has 5 nitrogen and oxygen atoms in total. The van der Waals surface area contributed by atoms with Crippen LogP contribution in [0.2, 0.25) is 0 Å². The van der Waals surface area contributed by atoms with Gasteiger partial charge in [0.15, 0.2) is 0 Å². The van der Waals surface area contributed by atoms with Crippen molar-refractivity contribution in [2.45, 2.75) is 33.5 Å². The summed E-state index contributed by atoms with van der Waals surface area (Å²) in [6.45, 7) is 7.50. The molecule has 0 fully saturated rings. The van der Waals surface area contributed by atoms with Crippen LogP contribution >= 0.6 is 0 Å². The summed E-state index contributed by atoms with van der Waals surface area (Å²) in [6, 6.07) is 0. The second-order valence-corrected chi connectivity index (χ2v) is 3.12. The number of esters is 2. The van der Waals surface area contributed by atoms with Crippen LogP contribution in [-0.4, -0.2) is 24.0 Å². The number of Topliss-reactive ketones (excluding diaryl/α,β-unsaturated/α-hetero) is 1. The Hall–Kier alpha value is -1.13. The van der Waals surface area contributed by atoms with E-state index in [2.05, 4.69) is 16.1 Å². The van der Waals surface area contributed by atoms with Gasteiger partial charge < -0.3 is 9.47 Å². The fraction of sp³-hybridized carbons (Fsp3) is 0.500. The molecule has 1 radical (unpaired) electrons. The van der Waals surface area contributed by atoms with E-state index in [-0.39, 0.29) is 34.8 Å². The van der Waals surface area contributed by atoms with Crippen LogP contribution < -0.4 is 0 Å². The zero-order chi connectivity index (χ0) is 12.0. The maximum Gasteiger partial charge on any atom is 0.336 e. The third-order valence-electron chi connectivity index (χ3n) is 1.31. The Balaban J connectivity index is 0. The molecule has 0 spiro atoms. The van der Waals surface area contributed by atoms with E-state index in [1.165, 1.54) is 20.8 Å². The summed E-state index contributed by atoms with van der Waals surface area (Å²) in [6.07, 6.45) is -1.34. The molecule has 0 aliphatic rings. The van der Waals surface area contributed by atoms with E-state index in [0.717, 1.165) is 0 Å². The summed E-state index contributed by atoms with van der Waals surface area (Å²) in [5, 5.41) is 0. The third-order valence-corrected chi connectivity index (χ3v) is 1.31. The van der Waals surface area contributed by atoms with Gasteiger partial charge >= 0.3 is 11.9 Å². The standard InChI is InChI=1S/C10H14O5.Cu/c1-6(2)10(13)15-8(4)14-9(12)5-7(3)11;/h8H,1,5H2,2-4H3;. The van der Waals surface area contributed by atoms with Crippen LogP contribution in [0.25, 0.3) is 0 Å². The zero-order valence-corrected chi connectivity index (χ0v) is 10.3. The summed E-state index contributed by atoms with van der Waals surface area (Å²) in [5.74, 6) is -1.67. The molecule has 0 saturated heterocycles. The van der Waals surface area contributed by atoms with Crippen molar-refractivity contribution in [3.63, 3.8) is 0 Å². The molecule has 0 amide bonds. The molecule has 1 atom stereocenters. The van der Waals surface area contributed by atoms with Crippen molar-refractivity contribution in [2.75, 3.05) is 0 Å². The van der Waals surface area contributed by atoms with E-state index in [1.54, 1.807) is 0 Å². The summed E-state index contributed by atoms with van der Waals surface area (Å²) < 4.78 is 9.31. The fourth-order valence-corrected chi connectivity index (χ4v) is 0.705. The Kier molecular flexibility index (Phi) is 8.71. The normalized spacial score (nSPS) is 10.7. The minimum atomic E-state index is -1.01. The van der Waals surface area contributed by atoms with Gasteiger partial charge in [-0.1, -0.05) is 6.58 Å². The van der Waals surface area contributed by atoms with Gasteiger partial charge in [-0.2, -0.15) is 0 Å². The van der Waals surface area contributed by atoms with Crippen molar-refractivity contribution >= 4 is 17.7 Å². The predicted molar refractivity (Wildman–Crippen MR) is 51.8 cm³/mol. The van der Waals surface area contributed by atoms with Gasteiger partial charge in [-0.15, -0.1) is 0 Å². The smallest absolute Gasteiger partial charge is 0.336 e. The summed E-state index contributed by atoms with van der Waals surface area (Å²) >= 11 is 0. The molecule has 0 N–H and O–H groups in total. The summed E-state index contributed by atoms with van der Waals surface area (Å²) in [7, 11) is 0. The first-order valence-corrected chi connectivity index (χ1v) is 4.38. The second kappa shape index (κ2) is 8.07. The van der Waals surface area contributed by atoms with Gasteiger partial charge in [-0.25, -0.2) is 4.79 Å². The largest absolute Gasteiger partial charge is 0.425 e. The number of hydrogen-bond acceptors (Lipinski definition) is 5. The molecule has 0 heterocycles. The number of ketones is 1. The molecule has 0 saturated carbocycles. The number of carbonyl (C=O) groups is 3. The molecule has 1 unspecified atom stereocenters. The van der Waals surface area contributed by atoms with E-state index in [1.807, 2.05) is 0 Å². The Morgan fingerprint density at radius 3 is 2.06 bits per heavy atom. The minimum Gasteiger partial charge on any atom is -0.425 e. The van der Waals surface area contributed by atoms with Crippen LogP contribution in [0.15, 0.2) is 12.2 Å². The van der Waals surface area contributed by atoms with E-state index in [4.69, 9.17) is 0 Å². The average Bonchev–Trinajstić information content (AvgIpc) is 2.00. The van der Waals surface area contributed by atoms with E-state index in [0.29, 0.717) is 0 Å². The topological polar surface area (TPSA) is 69.7 Å². The Morgan fingerprint density at radius 2 is 1.69 bits per heavy atom. The number of carbonyl (C=O) groups excluding carboxylic acids is 3. The summed E-state index contributed by atoms with van der Waals surface area (Å²) in [4.78, 5) is 32.5. The Bertz CT molecular complexity index is 298. The van der Waals surface area contributed by atoms with E-state index >= 15 is 0 Å². The Morgan fingerprint density at radius 1 is 1.19 bits per heavy atom. The van der Waals surface area contributed by atoms with Crippen LogP contribution in [0.5, 0.6) is 0 Å². The third kappa shape index (κ3) is 8.20. The van der Waals surface area contributed by atoms with Crippen molar-refractivity contribution in [1.29, 1.82) is 0 Å². The van der Waals surface area contributed by atoms with Crippen molar-refractivity contribution in [3.05, 3.63) is 12.2 Å². The molecule has 0 aromatic heterocycles. The quantitative estimate of drug-likeness (QED) is 0.246. The minimum absolute atomic E-state index is 0. The van der Waals surface area contributed by atoms with Gasteiger partial charge in [-0.3, -0.25) is 9.59 Å². The summed E-state index contributed by atoms with van der Waals surface area (Å²) in [5.41, 5.74) is 0.212. The second-order valence-electron chi connectivity index (χ2n) is 3.12. The fourth-order valence-electron chi connectivity index (χ4n) is 0.705. The monoisotopic (exact) mass is 277 g/mol. The van der Waals surface area contributed by atoms with Gasteiger partial charge in [0.2, 0.25) is 6.29 Å². The van der Waals surface area contributed by atoms with E-state index < -0.39 is 18.2 Å². The number of rotatable bonds is 5. The van der Waals surface area contributed by atoms with Crippen LogP contribution in [0, 0.1) is 0 Å². The molecule has 0 bridgehead atoms. The first-order valence-electron chi connectivity index (χ1n) is 4.38. The van der Waals surface area contributed by atoms with Crippen molar-refractivity contribution in [1.82, 2.24) is 0 Å². The van der Waals surface area contributed by atoms with Crippen molar-refractivity contribution in [3.8, 4) is 0 Å². The molecule has 0 aromatic rings. The first-order chi connectivity index (χ1) is 6.82. The van der Waals surface area contributed by atoms with Gasteiger partial charge in [0.05, 0.1) is 0 Å². The van der Waals surface area contributed by atoms with E-state index in [9.17, 15) is 14.4 Å². The molecular formula is C10H14CuO5. The van der Waals surface area contributed by atoms with Crippen LogP contribution in [0.4, 0.5) is 0 Å². The van der Waals surface area contributed by atoms with Crippen LogP contribution in [0.1, 0.15) is 27.2 Å². The van der Waals surface area contributed by atoms with Crippen molar-refractivity contribution < 1.29 is 40.9 Å². The SMILES string of the molecule is C=C(C)C(=O)OC(C)OC(=O)CC(C)=O.[Cu]. The van der Waals surface area contributed by atoms with Crippen molar-refractivity contribution in [2.24, 2.45) is 0 Å². The maximum absolute atomic E-state index is 11.0. The van der Waals surface area contributed by atoms with Gasteiger partial charge in [0.1, 0.15) is 12.2 Å². The Labute approximate surface area is 105 Å². The van der Waals surface area contributed by atoms with Gasteiger partial charge in [0.25, 0.3) is 0 Å². The average molecular weight is 278 g/mol. The first kappa shape index (κ1) is 17.3. The van der Waals surface area contributed by atoms with Crippen LogP contribution in [-0.2, 0) is 40.9 Å². The molecule has 0 aliphatic heterocycles. The maximum atomic E-state index is 11.0. The van der Waals surface area contributed by atoms with Gasteiger partial charge in [-0.05, 0) is 13.8 Å². The molecule has 95 valence electrons. The predicted octanol–water partition coefficient (Wildman–Crippen LogP) is 0.972. The number of hydrogen-bond donors (Lipinski definition) is 0. The van der Waals surface area contributed by atoms with Crippen LogP contribution in [0.3, 0.4) is 0 Å². The zero-order valence-electron chi connectivity index (χ0n) is 9.33. The molecule has 6 heteroatoms.